The highest BCUT2D eigenvalue weighted by Gasteiger charge is 2.61. The van der Waals surface area contributed by atoms with Crippen molar-refractivity contribution in [1.29, 1.82) is 0 Å². The van der Waals surface area contributed by atoms with Gasteiger partial charge in [0.1, 0.15) is 0 Å². The summed E-state index contributed by atoms with van der Waals surface area (Å²) in [5, 5.41) is 0.398. The number of Topliss-reactive ketones (excluding diaryl/α,β-unsaturated/α-hetero) is 2. The molecule has 1 aromatic carbocycles. The van der Waals surface area contributed by atoms with Crippen molar-refractivity contribution in [2.45, 2.75) is 44.7 Å². The fourth-order valence-corrected chi connectivity index (χ4v) is 6.28. The van der Waals surface area contributed by atoms with Crippen LogP contribution in [0.2, 0.25) is 5.02 Å². The lowest BCUT2D eigenvalue weighted by Gasteiger charge is -2.58. The average Bonchev–Trinajstić information content (AvgIpc) is 2.53. The molecule has 0 aliphatic heterocycles. The van der Waals surface area contributed by atoms with Crippen molar-refractivity contribution in [3.63, 3.8) is 0 Å². The molecule has 0 aromatic heterocycles. The maximum Gasteiger partial charge on any atom is 0.450 e. The zero-order valence-electron chi connectivity index (χ0n) is 14.2. The Bertz CT molecular complexity index is 703. The van der Waals surface area contributed by atoms with E-state index in [1.165, 1.54) is 24.3 Å². The van der Waals surface area contributed by atoms with Gasteiger partial charge in [-0.1, -0.05) is 11.6 Å². The first-order valence-electron chi connectivity index (χ1n) is 9.09. The van der Waals surface area contributed by atoms with Crippen LogP contribution in [0, 0.1) is 29.1 Å². The summed E-state index contributed by atoms with van der Waals surface area (Å²) in [6, 6.07) is 5.79. The van der Waals surface area contributed by atoms with Crippen LogP contribution in [0.25, 0.3) is 0 Å². The summed E-state index contributed by atoms with van der Waals surface area (Å²) >= 11 is 5.83. The molecular formula is C20H20ClF3O2. The minimum Gasteiger partial charge on any atom is -0.293 e. The largest absolute Gasteiger partial charge is 0.450 e. The van der Waals surface area contributed by atoms with Gasteiger partial charge in [-0.2, -0.15) is 13.2 Å². The Labute approximate surface area is 155 Å². The molecule has 0 spiro atoms. The van der Waals surface area contributed by atoms with Crippen LogP contribution in [0.3, 0.4) is 0 Å². The predicted octanol–water partition coefficient (Wildman–Crippen LogP) is 5.49. The van der Waals surface area contributed by atoms with E-state index in [4.69, 9.17) is 11.6 Å². The lowest BCUT2D eigenvalue weighted by molar-refractivity contribution is -0.183. The normalized spacial score (nSPS) is 33.9. The standard InChI is InChI=1S/C20H20ClF3O2/c21-15-3-1-14(2-4-15)17(25)16(18(26)20(22,23)24)19-8-11-5-12(9-19)7-13(6-11)10-19/h1-4,11-13,16H,5-10H2/t11?,12?,13?,16-,19?/m0/s1. The molecule has 0 amide bonds. The summed E-state index contributed by atoms with van der Waals surface area (Å²) in [7, 11) is 0. The van der Waals surface area contributed by atoms with Gasteiger partial charge in [0.05, 0.1) is 5.92 Å². The second-order valence-electron chi connectivity index (χ2n) is 8.45. The molecule has 0 saturated heterocycles. The first-order chi connectivity index (χ1) is 12.2. The molecule has 2 nitrogen and oxygen atoms in total. The molecule has 5 rings (SSSR count). The summed E-state index contributed by atoms with van der Waals surface area (Å²) in [4.78, 5) is 25.5. The molecule has 4 bridgehead atoms. The van der Waals surface area contributed by atoms with Crippen LogP contribution in [-0.4, -0.2) is 17.7 Å². The van der Waals surface area contributed by atoms with Crippen LogP contribution in [-0.2, 0) is 4.79 Å². The summed E-state index contributed by atoms with van der Waals surface area (Å²) in [5.74, 6) is -3.16. The zero-order chi connectivity index (χ0) is 18.7. The summed E-state index contributed by atoms with van der Waals surface area (Å²) in [5.41, 5.74) is -0.703. The van der Waals surface area contributed by atoms with E-state index in [2.05, 4.69) is 0 Å². The fourth-order valence-electron chi connectivity index (χ4n) is 6.15. The van der Waals surface area contributed by atoms with Crippen LogP contribution >= 0.6 is 11.6 Å². The highest BCUT2D eigenvalue weighted by molar-refractivity contribution is 6.30. The van der Waals surface area contributed by atoms with E-state index in [1.54, 1.807) is 0 Å². The number of carbonyl (C=O) groups excluding carboxylic acids is 2. The van der Waals surface area contributed by atoms with E-state index in [0.29, 0.717) is 42.0 Å². The summed E-state index contributed by atoms with van der Waals surface area (Å²) in [6.45, 7) is 0. The molecule has 6 heteroatoms. The number of hydrogen-bond acceptors (Lipinski definition) is 2. The van der Waals surface area contributed by atoms with Crippen LogP contribution in [0.1, 0.15) is 48.9 Å². The minimum atomic E-state index is -5.00. The molecule has 0 heterocycles. The molecule has 1 aromatic rings. The molecule has 4 aliphatic carbocycles. The third kappa shape index (κ3) is 2.98. The first kappa shape index (κ1) is 18.0. The Morgan fingerprint density at radius 2 is 1.42 bits per heavy atom. The number of halogens is 4. The van der Waals surface area contributed by atoms with Gasteiger partial charge in [-0.3, -0.25) is 9.59 Å². The molecule has 4 fully saturated rings. The predicted molar refractivity (Wildman–Crippen MR) is 90.9 cm³/mol. The van der Waals surface area contributed by atoms with Crippen LogP contribution in [0.4, 0.5) is 13.2 Å². The van der Waals surface area contributed by atoms with Crippen molar-refractivity contribution in [3.8, 4) is 0 Å². The van der Waals surface area contributed by atoms with Crippen molar-refractivity contribution in [2.24, 2.45) is 29.1 Å². The smallest absolute Gasteiger partial charge is 0.293 e. The molecular weight excluding hydrogens is 365 g/mol. The Morgan fingerprint density at radius 3 is 1.85 bits per heavy atom. The van der Waals surface area contributed by atoms with Crippen LogP contribution < -0.4 is 0 Å². The molecule has 4 aliphatic rings. The molecule has 0 unspecified atom stereocenters. The third-order valence-electron chi connectivity index (χ3n) is 6.63. The SMILES string of the molecule is O=C(c1ccc(Cl)cc1)[C@@H](C(=O)C(F)(F)F)C12CC3CC(CC(C3)C1)C2. The molecule has 0 N–H and O–H groups in total. The van der Waals surface area contributed by atoms with E-state index in [-0.39, 0.29) is 5.56 Å². The number of ketones is 2. The average molecular weight is 385 g/mol. The second-order valence-corrected chi connectivity index (χ2v) is 8.88. The molecule has 26 heavy (non-hydrogen) atoms. The Balaban J connectivity index is 1.75. The number of hydrogen-bond donors (Lipinski definition) is 0. The van der Waals surface area contributed by atoms with E-state index in [1.807, 2.05) is 0 Å². The maximum absolute atomic E-state index is 13.4. The number of rotatable bonds is 4. The van der Waals surface area contributed by atoms with E-state index >= 15 is 0 Å². The summed E-state index contributed by atoms with van der Waals surface area (Å²) in [6.07, 6.45) is -0.236. The van der Waals surface area contributed by atoms with Gasteiger partial charge in [0.15, 0.2) is 5.78 Å². The lowest BCUT2D eigenvalue weighted by Crippen LogP contribution is -2.55. The lowest BCUT2D eigenvalue weighted by atomic mass is 9.45. The van der Waals surface area contributed by atoms with Gasteiger partial charge in [-0.05, 0) is 86.0 Å². The molecule has 140 valence electrons. The zero-order valence-corrected chi connectivity index (χ0v) is 14.9. The maximum atomic E-state index is 13.4. The van der Waals surface area contributed by atoms with Crippen molar-refractivity contribution in [3.05, 3.63) is 34.9 Å². The van der Waals surface area contributed by atoms with Crippen molar-refractivity contribution in [2.75, 3.05) is 0 Å². The third-order valence-corrected chi connectivity index (χ3v) is 6.88. The van der Waals surface area contributed by atoms with Gasteiger partial charge in [0.25, 0.3) is 0 Å². The van der Waals surface area contributed by atoms with Crippen molar-refractivity contribution >= 4 is 23.2 Å². The number of alkyl halides is 3. The van der Waals surface area contributed by atoms with Gasteiger partial charge in [-0.25, -0.2) is 0 Å². The van der Waals surface area contributed by atoms with Crippen LogP contribution in [0.5, 0.6) is 0 Å². The van der Waals surface area contributed by atoms with Crippen LogP contribution in [0.15, 0.2) is 24.3 Å². The summed E-state index contributed by atoms with van der Waals surface area (Å²) < 4.78 is 40.2. The first-order valence-corrected chi connectivity index (χ1v) is 9.46. The van der Waals surface area contributed by atoms with Crippen molar-refractivity contribution < 1.29 is 22.8 Å². The Kier molecular flexibility index (Phi) is 4.22. The quantitative estimate of drug-likeness (QED) is 0.508. The molecule has 4 saturated carbocycles. The topological polar surface area (TPSA) is 34.1 Å². The fraction of sp³-hybridized carbons (Fsp3) is 0.600. The molecule has 0 radical (unpaired) electrons. The van der Waals surface area contributed by atoms with Gasteiger partial charge < -0.3 is 0 Å². The Morgan fingerprint density at radius 1 is 0.962 bits per heavy atom. The number of benzene rings is 1. The monoisotopic (exact) mass is 384 g/mol. The van der Waals surface area contributed by atoms with Gasteiger partial charge in [0, 0.05) is 10.6 Å². The molecule has 1 atom stereocenters. The van der Waals surface area contributed by atoms with Gasteiger partial charge in [-0.15, -0.1) is 0 Å². The Hall–Kier alpha value is -1.36. The second kappa shape index (κ2) is 6.08. The van der Waals surface area contributed by atoms with Gasteiger partial charge >= 0.3 is 6.18 Å². The highest BCUT2D eigenvalue weighted by Crippen LogP contribution is 2.63. The highest BCUT2D eigenvalue weighted by atomic mass is 35.5. The van der Waals surface area contributed by atoms with E-state index < -0.39 is 29.1 Å². The van der Waals surface area contributed by atoms with Gasteiger partial charge in [0.2, 0.25) is 5.78 Å². The van der Waals surface area contributed by atoms with Crippen molar-refractivity contribution in [1.82, 2.24) is 0 Å². The number of carbonyl (C=O) groups is 2. The van der Waals surface area contributed by atoms with E-state index in [9.17, 15) is 22.8 Å². The minimum absolute atomic E-state index is 0.132. The van der Waals surface area contributed by atoms with E-state index in [0.717, 1.165) is 19.3 Å².